The summed E-state index contributed by atoms with van der Waals surface area (Å²) in [5.41, 5.74) is 0.262. The first kappa shape index (κ1) is 31.9. The highest BCUT2D eigenvalue weighted by molar-refractivity contribution is 7.09. The number of esters is 1. The SMILES string of the molecule is CC[C@H](C)[C@H](CC(=O)[C@H]1CCCCN1C)C(=O)N(C)[C@H](C[C@@H](OC(C)=O)c1nc(C(=O)NC)cs1)C(C)C. The molecule has 214 valence electrons. The number of hydrogen-bond acceptors (Lipinski definition) is 8. The van der Waals surface area contributed by atoms with E-state index in [0.717, 1.165) is 32.2 Å². The van der Waals surface area contributed by atoms with Crippen LogP contribution < -0.4 is 5.32 Å². The molecule has 0 saturated carbocycles. The standard InChI is InChI=1S/C28H46N4O5S/c1-9-18(4)20(14-24(34)22-12-10-11-13-31(22)7)28(36)32(8)23(17(2)3)15-25(37-19(5)33)27-30-21(16-38-27)26(35)29-6/h16-18,20,22-23,25H,9-15H2,1-8H3,(H,29,35)/t18-,20-,22+,23+,25+/m0/s1. The van der Waals surface area contributed by atoms with Crippen LogP contribution in [-0.2, 0) is 19.1 Å². The van der Waals surface area contributed by atoms with Crippen LogP contribution in [0.5, 0.6) is 0 Å². The van der Waals surface area contributed by atoms with Gasteiger partial charge in [-0.1, -0.05) is 40.5 Å². The predicted molar refractivity (Wildman–Crippen MR) is 149 cm³/mol. The van der Waals surface area contributed by atoms with E-state index in [1.807, 2.05) is 34.7 Å². The highest BCUT2D eigenvalue weighted by atomic mass is 32.1. The van der Waals surface area contributed by atoms with E-state index < -0.39 is 18.0 Å². The summed E-state index contributed by atoms with van der Waals surface area (Å²) in [7, 11) is 5.30. The molecule has 5 atom stereocenters. The molecule has 1 fully saturated rings. The van der Waals surface area contributed by atoms with E-state index in [2.05, 4.69) is 15.2 Å². The van der Waals surface area contributed by atoms with Crippen LogP contribution >= 0.6 is 11.3 Å². The summed E-state index contributed by atoms with van der Waals surface area (Å²) in [6, 6.07) is -0.389. The maximum Gasteiger partial charge on any atom is 0.303 e. The first-order valence-corrected chi connectivity index (χ1v) is 14.6. The van der Waals surface area contributed by atoms with E-state index in [1.54, 1.807) is 17.3 Å². The molecule has 38 heavy (non-hydrogen) atoms. The summed E-state index contributed by atoms with van der Waals surface area (Å²) in [5.74, 6) is -0.998. The first-order valence-electron chi connectivity index (χ1n) is 13.7. The molecule has 0 aromatic carbocycles. The molecule has 9 nitrogen and oxygen atoms in total. The van der Waals surface area contributed by atoms with Crippen molar-refractivity contribution in [3.05, 3.63) is 16.1 Å². The van der Waals surface area contributed by atoms with E-state index in [1.165, 1.54) is 25.3 Å². The Bertz CT molecular complexity index is 965. The lowest BCUT2D eigenvalue weighted by Crippen LogP contribution is -2.48. The summed E-state index contributed by atoms with van der Waals surface area (Å²) >= 11 is 1.25. The molecule has 10 heteroatoms. The number of likely N-dealkylation sites (N-methyl/N-ethyl adjacent to an activating group) is 1. The summed E-state index contributed by atoms with van der Waals surface area (Å²) in [4.78, 5) is 59.5. The molecule has 0 aliphatic carbocycles. The largest absolute Gasteiger partial charge is 0.455 e. The minimum Gasteiger partial charge on any atom is -0.455 e. The zero-order valence-corrected chi connectivity index (χ0v) is 25.1. The van der Waals surface area contributed by atoms with Crippen LogP contribution in [0.25, 0.3) is 0 Å². The van der Waals surface area contributed by atoms with Gasteiger partial charge < -0.3 is 15.0 Å². The maximum atomic E-state index is 13.9. The molecule has 1 aromatic rings. The average molecular weight is 551 g/mol. The van der Waals surface area contributed by atoms with Crippen LogP contribution in [0.15, 0.2) is 5.38 Å². The van der Waals surface area contributed by atoms with Gasteiger partial charge in [-0.3, -0.25) is 24.1 Å². The lowest BCUT2D eigenvalue weighted by atomic mass is 9.83. The molecule has 2 heterocycles. The Kier molecular flexibility index (Phi) is 12.4. The number of carbonyl (C=O) groups is 4. The molecule has 2 amide bonds. The van der Waals surface area contributed by atoms with Crippen molar-refractivity contribution in [2.75, 3.05) is 27.7 Å². The molecular formula is C28H46N4O5S. The fraction of sp³-hybridized carbons (Fsp3) is 0.750. The molecule has 1 aliphatic heterocycles. The number of thiazole rings is 1. The second kappa shape index (κ2) is 14.7. The number of piperidine rings is 1. The van der Waals surface area contributed by atoms with E-state index in [4.69, 9.17) is 4.74 Å². The number of likely N-dealkylation sites (tertiary alicyclic amines) is 1. The zero-order valence-electron chi connectivity index (χ0n) is 24.3. The Morgan fingerprint density at radius 1 is 1.24 bits per heavy atom. The number of ether oxygens (including phenoxy) is 1. The van der Waals surface area contributed by atoms with Crippen LogP contribution in [0.2, 0.25) is 0 Å². The van der Waals surface area contributed by atoms with Crippen LogP contribution in [-0.4, -0.2) is 78.1 Å². The van der Waals surface area contributed by atoms with E-state index in [0.29, 0.717) is 11.4 Å². The molecule has 0 spiro atoms. The average Bonchev–Trinajstić information content (AvgIpc) is 3.38. The van der Waals surface area contributed by atoms with Crippen LogP contribution in [0, 0.1) is 17.8 Å². The molecule has 1 saturated heterocycles. The number of ketones is 1. The van der Waals surface area contributed by atoms with Crippen molar-refractivity contribution in [2.24, 2.45) is 17.8 Å². The van der Waals surface area contributed by atoms with Gasteiger partial charge in [0.25, 0.3) is 5.91 Å². The summed E-state index contributed by atoms with van der Waals surface area (Å²) < 4.78 is 5.64. The van der Waals surface area contributed by atoms with Gasteiger partial charge in [-0.25, -0.2) is 4.98 Å². The molecule has 2 rings (SSSR count). The highest BCUT2D eigenvalue weighted by Crippen LogP contribution is 2.32. The predicted octanol–water partition coefficient (Wildman–Crippen LogP) is 4.09. The number of nitrogens with zero attached hydrogens (tertiary/aromatic N) is 3. The van der Waals surface area contributed by atoms with Gasteiger partial charge in [0.05, 0.1) is 6.04 Å². The van der Waals surface area contributed by atoms with Crippen molar-refractivity contribution >= 4 is 34.9 Å². The van der Waals surface area contributed by atoms with E-state index in [-0.39, 0.29) is 53.6 Å². The molecule has 0 radical (unpaired) electrons. The van der Waals surface area contributed by atoms with Crippen molar-refractivity contribution in [3.8, 4) is 0 Å². The molecular weight excluding hydrogens is 504 g/mol. The Hall–Kier alpha value is -2.33. The number of carbonyl (C=O) groups excluding carboxylic acids is 4. The molecule has 0 unspecified atom stereocenters. The molecule has 1 aromatic heterocycles. The van der Waals surface area contributed by atoms with Gasteiger partial charge in [-0.15, -0.1) is 11.3 Å². The summed E-state index contributed by atoms with van der Waals surface area (Å²) in [6.45, 7) is 10.4. The molecule has 1 N–H and O–H groups in total. The first-order chi connectivity index (χ1) is 17.9. The normalized spacial score (nSPS) is 19.3. The van der Waals surface area contributed by atoms with Crippen LogP contribution in [0.4, 0.5) is 0 Å². The maximum absolute atomic E-state index is 13.9. The van der Waals surface area contributed by atoms with Gasteiger partial charge >= 0.3 is 5.97 Å². The lowest BCUT2D eigenvalue weighted by molar-refractivity contribution is -0.149. The summed E-state index contributed by atoms with van der Waals surface area (Å²) in [6.07, 6.45) is 3.64. The fourth-order valence-corrected chi connectivity index (χ4v) is 6.08. The van der Waals surface area contributed by atoms with Gasteiger partial charge in [0.15, 0.2) is 11.9 Å². The van der Waals surface area contributed by atoms with Gasteiger partial charge in [-0.2, -0.15) is 0 Å². The Morgan fingerprint density at radius 3 is 2.47 bits per heavy atom. The van der Waals surface area contributed by atoms with Gasteiger partial charge in [0.1, 0.15) is 10.7 Å². The third kappa shape index (κ3) is 8.33. The van der Waals surface area contributed by atoms with Crippen molar-refractivity contribution in [2.45, 2.75) is 91.3 Å². The quantitative estimate of drug-likeness (QED) is 0.369. The number of nitrogens with one attached hydrogen (secondary N) is 1. The third-order valence-corrected chi connectivity index (χ3v) is 8.78. The monoisotopic (exact) mass is 550 g/mol. The number of hydrogen-bond donors (Lipinski definition) is 1. The molecule has 0 bridgehead atoms. The second-order valence-corrected chi connectivity index (χ2v) is 11.8. The lowest BCUT2D eigenvalue weighted by Gasteiger charge is -2.37. The van der Waals surface area contributed by atoms with Crippen molar-refractivity contribution in [1.29, 1.82) is 0 Å². The van der Waals surface area contributed by atoms with Crippen LogP contribution in [0.1, 0.15) is 94.7 Å². The molecule has 1 aliphatic rings. The van der Waals surface area contributed by atoms with E-state index >= 15 is 0 Å². The van der Waals surface area contributed by atoms with Gasteiger partial charge in [0, 0.05) is 51.2 Å². The number of Topliss-reactive ketones (excluding diaryl/α,β-unsaturated/α-hetero) is 1. The minimum absolute atomic E-state index is 0.0500. The Labute approximate surface area is 231 Å². The topological polar surface area (TPSA) is 109 Å². The Balaban J connectivity index is 2.28. The zero-order chi connectivity index (χ0) is 28.6. The smallest absolute Gasteiger partial charge is 0.303 e. The van der Waals surface area contributed by atoms with Crippen LogP contribution in [0.3, 0.4) is 0 Å². The Morgan fingerprint density at radius 2 is 1.92 bits per heavy atom. The second-order valence-electron chi connectivity index (χ2n) is 10.9. The van der Waals surface area contributed by atoms with Crippen molar-refractivity contribution in [1.82, 2.24) is 20.1 Å². The van der Waals surface area contributed by atoms with Crippen molar-refractivity contribution in [3.63, 3.8) is 0 Å². The number of rotatable bonds is 13. The van der Waals surface area contributed by atoms with Gasteiger partial charge in [-0.05, 0) is 38.3 Å². The van der Waals surface area contributed by atoms with E-state index in [9.17, 15) is 19.2 Å². The number of amides is 2. The highest BCUT2D eigenvalue weighted by Gasteiger charge is 2.37. The summed E-state index contributed by atoms with van der Waals surface area (Å²) in [5, 5.41) is 4.70. The van der Waals surface area contributed by atoms with Gasteiger partial charge in [0.2, 0.25) is 5.91 Å². The fourth-order valence-electron chi connectivity index (χ4n) is 5.24. The third-order valence-electron chi connectivity index (χ3n) is 7.85. The minimum atomic E-state index is -0.696. The van der Waals surface area contributed by atoms with Crippen molar-refractivity contribution < 1.29 is 23.9 Å². The number of aromatic nitrogens is 1.